The first-order valence-corrected chi connectivity index (χ1v) is 6.98. The molecule has 16 heavy (non-hydrogen) atoms. The molecule has 4 heteroatoms. The zero-order chi connectivity index (χ0) is 12.3. The molecule has 1 fully saturated rings. The van der Waals surface area contributed by atoms with Crippen molar-refractivity contribution in [1.29, 1.82) is 0 Å². The second-order valence-corrected chi connectivity index (χ2v) is 6.19. The van der Waals surface area contributed by atoms with Crippen LogP contribution in [0.5, 0.6) is 0 Å². The van der Waals surface area contributed by atoms with Gasteiger partial charge in [0.25, 0.3) is 0 Å². The first-order chi connectivity index (χ1) is 7.41. The number of nitrogens with one attached hydrogen (secondary N) is 1. The molecule has 1 amide bonds. The highest BCUT2D eigenvalue weighted by atomic mass is 79.9. The van der Waals surface area contributed by atoms with Crippen LogP contribution in [0, 0.1) is 5.92 Å². The first kappa shape index (κ1) is 14.0. The van der Waals surface area contributed by atoms with Crippen molar-refractivity contribution in [1.82, 2.24) is 10.2 Å². The van der Waals surface area contributed by atoms with Crippen LogP contribution in [0.4, 0.5) is 0 Å². The number of likely N-dealkylation sites (tertiary alicyclic amines) is 1. The molecule has 1 heterocycles. The van der Waals surface area contributed by atoms with Crippen LogP contribution in [-0.4, -0.2) is 41.3 Å². The molecular formula is C12H23BrN2O. The minimum absolute atomic E-state index is 0.0672. The number of hydrogen-bond acceptors (Lipinski definition) is 2. The summed E-state index contributed by atoms with van der Waals surface area (Å²) in [6.07, 6.45) is 2.12. The average molecular weight is 291 g/mol. The van der Waals surface area contributed by atoms with E-state index in [2.05, 4.69) is 54.0 Å². The zero-order valence-electron chi connectivity index (χ0n) is 10.7. The van der Waals surface area contributed by atoms with E-state index in [4.69, 9.17) is 0 Å². The Bertz CT molecular complexity index is 245. The fourth-order valence-corrected chi connectivity index (χ4v) is 2.14. The van der Waals surface area contributed by atoms with Crippen molar-refractivity contribution in [3.63, 3.8) is 0 Å². The average Bonchev–Trinajstić information content (AvgIpc) is 2.22. The van der Waals surface area contributed by atoms with Crippen molar-refractivity contribution in [2.45, 2.75) is 50.5 Å². The third kappa shape index (κ3) is 3.74. The quantitative estimate of drug-likeness (QED) is 0.807. The Morgan fingerprint density at radius 1 is 1.50 bits per heavy atom. The molecule has 0 bridgehead atoms. The molecule has 0 saturated carbocycles. The maximum Gasteiger partial charge on any atom is 0.234 e. The summed E-state index contributed by atoms with van der Waals surface area (Å²) in [4.78, 5) is 14.1. The number of alkyl halides is 1. The lowest BCUT2D eigenvalue weighted by Gasteiger charge is -2.35. The molecule has 94 valence electrons. The zero-order valence-corrected chi connectivity index (χ0v) is 12.3. The highest BCUT2D eigenvalue weighted by Crippen LogP contribution is 2.17. The number of amides is 1. The van der Waals surface area contributed by atoms with Crippen LogP contribution < -0.4 is 5.32 Å². The van der Waals surface area contributed by atoms with E-state index in [-0.39, 0.29) is 10.7 Å². The number of rotatable bonds is 3. The van der Waals surface area contributed by atoms with E-state index in [1.807, 2.05) is 0 Å². The number of hydrogen-bond donors (Lipinski definition) is 1. The Labute approximate surface area is 107 Å². The van der Waals surface area contributed by atoms with E-state index in [9.17, 15) is 4.79 Å². The Morgan fingerprint density at radius 2 is 2.12 bits per heavy atom. The minimum atomic E-state index is -0.0672. The lowest BCUT2D eigenvalue weighted by Crippen LogP contribution is -2.49. The predicted octanol–water partition coefficient (Wildman–Crippen LogP) is 2.00. The number of halogens is 1. The van der Waals surface area contributed by atoms with Crippen molar-refractivity contribution < 1.29 is 4.79 Å². The van der Waals surface area contributed by atoms with Gasteiger partial charge in [0.15, 0.2) is 0 Å². The van der Waals surface area contributed by atoms with Crippen LogP contribution in [-0.2, 0) is 4.79 Å². The molecule has 0 aromatic carbocycles. The molecular weight excluding hydrogens is 268 g/mol. The van der Waals surface area contributed by atoms with Gasteiger partial charge in [0.2, 0.25) is 5.91 Å². The largest absolute Gasteiger partial charge is 0.352 e. The Hall–Kier alpha value is -0.0900. The minimum Gasteiger partial charge on any atom is -0.352 e. The van der Waals surface area contributed by atoms with Gasteiger partial charge in [-0.1, -0.05) is 29.8 Å². The number of carbonyl (C=O) groups is 1. The van der Waals surface area contributed by atoms with E-state index < -0.39 is 0 Å². The van der Waals surface area contributed by atoms with Crippen LogP contribution >= 0.6 is 15.9 Å². The van der Waals surface area contributed by atoms with Crippen molar-refractivity contribution in [2.75, 3.05) is 13.6 Å². The maximum atomic E-state index is 11.9. The van der Waals surface area contributed by atoms with E-state index in [0.717, 1.165) is 19.4 Å². The third-order valence-corrected chi connectivity index (χ3v) is 4.86. The summed E-state index contributed by atoms with van der Waals surface area (Å²) in [5.41, 5.74) is 0. The van der Waals surface area contributed by atoms with Gasteiger partial charge in [-0.3, -0.25) is 4.79 Å². The summed E-state index contributed by atoms with van der Waals surface area (Å²) in [6.45, 7) is 7.39. The van der Waals surface area contributed by atoms with E-state index in [1.54, 1.807) is 0 Å². The molecule has 0 radical (unpaired) electrons. The Kier molecular flexibility index (Phi) is 5.25. The molecule has 1 N–H and O–H groups in total. The molecule has 3 unspecified atom stereocenters. The van der Waals surface area contributed by atoms with Gasteiger partial charge >= 0.3 is 0 Å². The lowest BCUT2D eigenvalue weighted by atomic mass is 9.98. The molecule has 0 aliphatic carbocycles. The summed E-state index contributed by atoms with van der Waals surface area (Å²) in [5.74, 6) is 0.473. The molecule has 0 aromatic rings. The Morgan fingerprint density at radius 3 is 2.62 bits per heavy atom. The normalized spacial score (nSPS) is 29.1. The van der Waals surface area contributed by atoms with Crippen LogP contribution in [0.3, 0.4) is 0 Å². The van der Waals surface area contributed by atoms with Crippen LogP contribution in [0.15, 0.2) is 0 Å². The van der Waals surface area contributed by atoms with Crippen LogP contribution in [0.1, 0.15) is 33.6 Å². The number of piperidine rings is 1. The van der Waals surface area contributed by atoms with Gasteiger partial charge in [-0.25, -0.2) is 0 Å². The highest BCUT2D eigenvalue weighted by Gasteiger charge is 2.26. The molecule has 1 rings (SSSR count). The molecule has 0 spiro atoms. The SMILES string of the molecule is CC(C)C(Br)C(=O)NC1CCN(C)C(C)C1. The molecule has 3 atom stereocenters. The number of nitrogens with zero attached hydrogens (tertiary/aromatic N) is 1. The van der Waals surface area contributed by atoms with Gasteiger partial charge in [0, 0.05) is 18.6 Å². The van der Waals surface area contributed by atoms with Gasteiger partial charge in [0.05, 0.1) is 4.83 Å². The second kappa shape index (κ2) is 6.01. The first-order valence-electron chi connectivity index (χ1n) is 6.06. The summed E-state index contributed by atoms with van der Waals surface area (Å²) >= 11 is 3.44. The standard InChI is InChI=1S/C12H23BrN2O/c1-8(2)11(13)12(16)14-10-5-6-15(4)9(3)7-10/h8-11H,5-7H2,1-4H3,(H,14,16). The Balaban J connectivity index is 2.40. The smallest absolute Gasteiger partial charge is 0.234 e. The lowest BCUT2D eigenvalue weighted by molar-refractivity contribution is -0.122. The van der Waals surface area contributed by atoms with Crippen molar-refractivity contribution in [2.24, 2.45) is 5.92 Å². The molecule has 1 saturated heterocycles. The van der Waals surface area contributed by atoms with Gasteiger partial charge in [-0.2, -0.15) is 0 Å². The van der Waals surface area contributed by atoms with E-state index in [1.165, 1.54) is 0 Å². The summed E-state index contributed by atoms with van der Waals surface area (Å²) in [7, 11) is 2.14. The summed E-state index contributed by atoms with van der Waals surface area (Å²) < 4.78 is 0. The number of carbonyl (C=O) groups excluding carboxylic acids is 1. The summed E-state index contributed by atoms with van der Waals surface area (Å²) in [6, 6.07) is 0.907. The van der Waals surface area contributed by atoms with Crippen molar-refractivity contribution in [3.05, 3.63) is 0 Å². The highest BCUT2D eigenvalue weighted by molar-refractivity contribution is 9.10. The van der Waals surface area contributed by atoms with E-state index >= 15 is 0 Å². The fourth-order valence-electron chi connectivity index (χ4n) is 2.00. The topological polar surface area (TPSA) is 32.3 Å². The van der Waals surface area contributed by atoms with Crippen LogP contribution in [0.25, 0.3) is 0 Å². The second-order valence-electron chi connectivity index (χ2n) is 5.21. The van der Waals surface area contributed by atoms with Crippen molar-refractivity contribution in [3.8, 4) is 0 Å². The summed E-state index contributed by atoms with van der Waals surface area (Å²) in [5, 5.41) is 3.14. The molecule has 1 aliphatic heterocycles. The van der Waals surface area contributed by atoms with Gasteiger partial charge < -0.3 is 10.2 Å². The van der Waals surface area contributed by atoms with Gasteiger partial charge in [-0.05, 0) is 32.7 Å². The molecule has 1 aliphatic rings. The van der Waals surface area contributed by atoms with Gasteiger partial charge in [-0.15, -0.1) is 0 Å². The third-order valence-electron chi connectivity index (χ3n) is 3.39. The molecule has 3 nitrogen and oxygen atoms in total. The maximum absolute atomic E-state index is 11.9. The predicted molar refractivity (Wildman–Crippen MR) is 70.8 cm³/mol. The fraction of sp³-hybridized carbons (Fsp3) is 0.917. The van der Waals surface area contributed by atoms with Crippen LogP contribution in [0.2, 0.25) is 0 Å². The van der Waals surface area contributed by atoms with Gasteiger partial charge in [0.1, 0.15) is 0 Å². The monoisotopic (exact) mass is 290 g/mol. The molecule has 0 aromatic heterocycles. The van der Waals surface area contributed by atoms with E-state index in [0.29, 0.717) is 18.0 Å². The van der Waals surface area contributed by atoms with Crippen molar-refractivity contribution >= 4 is 21.8 Å².